The van der Waals surface area contributed by atoms with Crippen molar-refractivity contribution in [3.05, 3.63) is 35.6 Å². The first-order valence-corrected chi connectivity index (χ1v) is 9.07. The number of aromatic nitrogens is 2. The zero-order chi connectivity index (χ0) is 21.4. The van der Waals surface area contributed by atoms with Gasteiger partial charge < -0.3 is 5.32 Å². The van der Waals surface area contributed by atoms with E-state index >= 15 is 0 Å². The molecule has 1 aromatic carbocycles. The first kappa shape index (κ1) is 21.2. The van der Waals surface area contributed by atoms with Gasteiger partial charge in [0.1, 0.15) is 5.82 Å². The Balaban J connectivity index is 1.83. The largest absolute Gasteiger partial charge is 0.453 e. The van der Waals surface area contributed by atoms with Crippen LogP contribution in [0.2, 0.25) is 0 Å². The maximum atomic E-state index is 13.3. The molecular formula is C19H19F6N3O. The van der Waals surface area contributed by atoms with Crippen molar-refractivity contribution in [3.8, 4) is 11.3 Å². The molecule has 29 heavy (non-hydrogen) atoms. The average Bonchev–Trinajstić information content (AvgIpc) is 2.87. The standard InChI is InChI=1S/C19H19F6N3O/c1-28-16(12-5-7-13(20)8-6-12)15(11-3-2-4-11)17(27-28)26-14(29)9-10-18(21,22)19(23,24)25/h5-8,11H,2-4,9-10H2,1H3,(H,26,27,29). The van der Waals surface area contributed by atoms with E-state index in [-0.39, 0.29) is 11.7 Å². The van der Waals surface area contributed by atoms with Crippen LogP contribution < -0.4 is 5.32 Å². The van der Waals surface area contributed by atoms with Crippen LogP contribution in [-0.4, -0.2) is 27.8 Å². The van der Waals surface area contributed by atoms with Gasteiger partial charge in [0.15, 0.2) is 5.82 Å². The molecule has 0 spiro atoms. The smallest absolute Gasteiger partial charge is 0.309 e. The van der Waals surface area contributed by atoms with E-state index in [0.717, 1.165) is 19.3 Å². The molecule has 1 heterocycles. The third-order valence-corrected chi connectivity index (χ3v) is 5.05. The first-order valence-electron chi connectivity index (χ1n) is 9.07. The van der Waals surface area contributed by atoms with Gasteiger partial charge in [0.05, 0.1) is 5.69 Å². The van der Waals surface area contributed by atoms with Gasteiger partial charge in [-0.2, -0.15) is 27.1 Å². The summed E-state index contributed by atoms with van der Waals surface area (Å²) in [6, 6.07) is 5.68. The Kier molecular flexibility index (Phi) is 5.64. The van der Waals surface area contributed by atoms with E-state index in [1.54, 1.807) is 19.2 Å². The number of rotatable bonds is 6. The molecule has 1 aliphatic rings. The number of aryl methyl sites for hydroxylation is 1. The second-order valence-electron chi connectivity index (χ2n) is 7.12. The Morgan fingerprint density at radius 3 is 2.31 bits per heavy atom. The molecule has 1 saturated carbocycles. The van der Waals surface area contributed by atoms with E-state index in [1.165, 1.54) is 16.8 Å². The number of nitrogens with zero attached hydrogens (tertiary/aromatic N) is 2. The lowest BCUT2D eigenvalue weighted by Gasteiger charge is -2.27. The third kappa shape index (κ3) is 4.40. The predicted octanol–water partition coefficient (Wildman–Crippen LogP) is 5.41. The molecule has 10 heteroatoms. The van der Waals surface area contributed by atoms with Crippen molar-refractivity contribution in [2.24, 2.45) is 7.05 Å². The van der Waals surface area contributed by atoms with Gasteiger partial charge in [-0.1, -0.05) is 6.42 Å². The van der Waals surface area contributed by atoms with Crippen molar-refractivity contribution in [2.45, 2.75) is 50.1 Å². The summed E-state index contributed by atoms with van der Waals surface area (Å²) < 4.78 is 77.7. The number of hydrogen-bond donors (Lipinski definition) is 1. The molecule has 0 aliphatic heterocycles. The number of alkyl halides is 5. The minimum absolute atomic E-state index is 0.0654. The number of benzene rings is 1. The Morgan fingerprint density at radius 1 is 1.17 bits per heavy atom. The molecule has 0 unspecified atom stereocenters. The fraction of sp³-hybridized carbons (Fsp3) is 0.474. The van der Waals surface area contributed by atoms with Crippen LogP contribution >= 0.6 is 0 Å². The molecule has 4 nitrogen and oxygen atoms in total. The van der Waals surface area contributed by atoms with Gasteiger partial charge in [0.25, 0.3) is 0 Å². The fourth-order valence-electron chi connectivity index (χ4n) is 3.27. The van der Waals surface area contributed by atoms with E-state index in [2.05, 4.69) is 10.4 Å². The van der Waals surface area contributed by atoms with Crippen LogP contribution in [0.4, 0.5) is 32.2 Å². The van der Waals surface area contributed by atoms with Gasteiger partial charge in [-0.15, -0.1) is 0 Å². The number of hydrogen-bond acceptors (Lipinski definition) is 2. The van der Waals surface area contributed by atoms with Crippen LogP contribution in [-0.2, 0) is 11.8 Å². The van der Waals surface area contributed by atoms with Crippen molar-refractivity contribution in [1.82, 2.24) is 9.78 Å². The molecule has 2 aromatic rings. The van der Waals surface area contributed by atoms with Crippen molar-refractivity contribution in [1.29, 1.82) is 0 Å². The lowest BCUT2D eigenvalue weighted by atomic mass is 9.79. The summed E-state index contributed by atoms with van der Waals surface area (Å²) in [4.78, 5) is 12.1. The highest BCUT2D eigenvalue weighted by molar-refractivity contribution is 5.92. The topological polar surface area (TPSA) is 46.9 Å². The summed E-state index contributed by atoms with van der Waals surface area (Å²) in [5.41, 5.74) is 1.99. The maximum absolute atomic E-state index is 13.3. The van der Waals surface area contributed by atoms with E-state index in [4.69, 9.17) is 0 Å². The number of carbonyl (C=O) groups is 1. The highest BCUT2D eigenvalue weighted by Gasteiger charge is 2.56. The summed E-state index contributed by atoms with van der Waals surface area (Å²) in [5.74, 6) is -6.13. The molecule has 1 aliphatic carbocycles. The number of anilines is 1. The Morgan fingerprint density at radius 2 is 1.79 bits per heavy atom. The quantitative estimate of drug-likeness (QED) is 0.637. The highest BCUT2D eigenvalue weighted by Crippen LogP contribution is 2.45. The molecule has 0 atom stereocenters. The normalized spacial score (nSPS) is 15.3. The summed E-state index contributed by atoms with van der Waals surface area (Å²) in [6.45, 7) is 0. The highest BCUT2D eigenvalue weighted by atomic mass is 19.4. The molecule has 1 fully saturated rings. The van der Waals surface area contributed by atoms with Crippen LogP contribution in [0.15, 0.2) is 24.3 Å². The SMILES string of the molecule is Cn1nc(NC(=O)CCC(F)(F)C(F)(F)F)c(C2CCC2)c1-c1ccc(F)cc1. The zero-order valence-electron chi connectivity index (χ0n) is 15.5. The number of nitrogens with one attached hydrogen (secondary N) is 1. The van der Waals surface area contributed by atoms with E-state index in [9.17, 15) is 31.1 Å². The second-order valence-corrected chi connectivity index (χ2v) is 7.12. The van der Waals surface area contributed by atoms with Gasteiger partial charge in [0.2, 0.25) is 5.91 Å². The second kappa shape index (κ2) is 7.72. The van der Waals surface area contributed by atoms with Crippen LogP contribution in [0.25, 0.3) is 11.3 Å². The Labute approximate surface area is 162 Å². The van der Waals surface area contributed by atoms with E-state index < -0.39 is 36.7 Å². The van der Waals surface area contributed by atoms with E-state index in [1.807, 2.05) is 0 Å². The molecule has 3 rings (SSSR count). The zero-order valence-corrected chi connectivity index (χ0v) is 15.5. The molecule has 0 bridgehead atoms. The maximum Gasteiger partial charge on any atom is 0.453 e. The van der Waals surface area contributed by atoms with Gasteiger partial charge >= 0.3 is 12.1 Å². The van der Waals surface area contributed by atoms with Crippen molar-refractivity contribution in [3.63, 3.8) is 0 Å². The Bertz CT molecular complexity index is 885. The minimum atomic E-state index is -5.70. The molecular weight excluding hydrogens is 400 g/mol. The molecule has 1 N–H and O–H groups in total. The number of amides is 1. The molecule has 0 saturated heterocycles. The van der Waals surface area contributed by atoms with Crippen molar-refractivity contribution < 1.29 is 31.1 Å². The van der Waals surface area contributed by atoms with Gasteiger partial charge in [-0.05, 0) is 43.0 Å². The molecule has 1 aromatic heterocycles. The fourth-order valence-corrected chi connectivity index (χ4v) is 3.27. The van der Waals surface area contributed by atoms with Gasteiger partial charge in [0, 0.05) is 31.0 Å². The monoisotopic (exact) mass is 419 g/mol. The average molecular weight is 419 g/mol. The van der Waals surface area contributed by atoms with Gasteiger partial charge in [-0.3, -0.25) is 9.48 Å². The summed E-state index contributed by atoms with van der Waals surface area (Å²) in [7, 11) is 1.62. The summed E-state index contributed by atoms with van der Waals surface area (Å²) in [5, 5.41) is 6.61. The number of carbonyl (C=O) groups excluding carboxylic acids is 1. The molecule has 0 radical (unpaired) electrons. The lowest BCUT2D eigenvalue weighted by molar-refractivity contribution is -0.284. The van der Waals surface area contributed by atoms with Gasteiger partial charge in [-0.25, -0.2) is 4.39 Å². The van der Waals surface area contributed by atoms with Crippen LogP contribution in [0, 0.1) is 5.82 Å². The lowest BCUT2D eigenvalue weighted by Crippen LogP contribution is -2.37. The predicted molar refractivity (Wildman–Crippen MR) is 94.1 cm³/mol. The van der Waals surface area contributed by atoms with Crippen LogP contribution in [0.5, 0.6) is 0 Å². The summed E-state index contributed by atoms with van der Waals surface area (Å²) in [6.07, 6.45) is -5.72. The van der Waals surface area contributed by atoms with Crippen LogP contribution in [0.3, 0.4) is 0 Å². The van der Waals surface area contributed by atoms with Crippen LogP contribution in [0.1, 0.15) is 43.6 Å². The molecule has 1 amide bonds. The van der Waals surface area contributed by atoms with Crippen molar-refractivity contribution >= 4 is 11.7 Å². The molecule has 158 valence electrons. The number of halogens is 6. The summed E-state index contributed by atoms with van der Waals surface area (Å²) >= 11 is 0. The van der Waals surface area contributed by atoms with Crippen molar-refractivity contribution in [2.75, 3.05) is 5.32 Å². The third-order valence-electron chi connectivity index (χ3n) is 5.05. The Hall–Kier alpha value is -2.52. The first-order chi connectivity index (χ1) is 13.5. The van der Waals surface area contributed by atoms with E-state index in [0.29, 0.717) is 16.8 Å². The minimum Gasteiger partial charge on any atom is -0.309 e.